The number of phenolic OH excluding ortho intramolecular Hbond substituents is 1. The highest BCUT2D eigenvalue weighted by Gasteiger charge is 2.26. The number of hydrogen-bond acceptors (Lipinski definition) is 6. The maximum absolute atomic E-state index is 12.3. The van der Waals surface area contributed by atoms with Crippen molar-refractivity contribution in [2.45, 2.75) is 29.6 Å². The van der Waals surface area contributed by atoms with Crippen molar-refractivity contribution in [3.63, 3.8) is 0 Å². The van der Waals surface area contributed by atoms with Gasteiger partial charge in [0.1, 0.15) is 15.5 Å². The average molecular weight is 360 g/mol. The number of unbranched alkanes of at least 4 members (excludes halogenated alkanes) is 1. The second-order valence-electron chi connectivity index (χ2n) is 4.87. The summed E-state index contributed by atoms with van der Waals surface area (Å²) in [6.45, 7) is 1.82. The summed E-state index contributed by atoms with van der Waals surface area (Å²) in [6, 6.07) is 6.52. The largest absolute Gasteiger partial charge is 0.506 e. The highest BCUT2D eigenvalue weighted by Crippen LogP contribution is 2.36. The lowest BCUT2D eigenvalue weighted by molar-refractivity contribution is 0.311. The molecule has 0 saturated heterocycles. The molecule has 0 bridgehead atoms. The first kappa shape index (κ1) is 17.7. The third-order valence-corrected chi connectivity index (χ3v) is 5.45. The van der Waals surface area contributed by atoms with Crippen LogP contribution in [0.3, 0.4) is 0 Å². The van der Waals surface area contributed by atoms with E-state index in [0.29, 0.717) is 12.5 Å². The van der Waals surface area contributed by atoms with E-state index in [2.05, 4.69) is 0 Å². The molecule has 0 spiro atoms. The Bertz CT molecular complexity index is 931. The Labute approximate surface area is 134 Å². The number of aromatic hydroxyl groups is 1. The van der Waals surface area contributed by atoms with Gasteiger partial charge >= 0.3 is 0 Å². The summed E-state index contributed by atoms with van der Waals surface area (Å²) in [5.74, 6) is -0.712. The van der Waals surface area contributed by atoms with E-state index in [-0.39, 0.29) is 17.4 Å². The Balaban J connectivity index is 2.75. The van der Waals surface area contributed by atoms with Crippen molar-refractivity contribution in [3.8, 4) is 5.75 Å². The molecule has 0 aliphatic heterocycles. The van der Waals surface area contributed by atoms with Gasteiger partial charge in [-0.1, -0.05) is 37.6 Å². The summed E-state index contributed by atoms with van der Waals surface area (Å²) in [7, 11) is -9.05. The summed E-state index contributed by atoms with van der Waals surface area (Å²) in [5.41, 5.74) is 0. The third-order valence-electron chi connectivity index (χ3n) is 3.23. The van der Waals surface area contributed by atoms with Crippen LogP contribution in [0.2, 0.25) is 0 Å². The average Bonchev–Trinajstić information content (AvgIpc) is 2.46. The predicted octanol–water partition coefficient (Wildman–Crippen LogP) is 2.30. The van der Waals surface area contributed by atoms with E-state index in [0.717, 1.165) is 6.42 Å². The molecule has 0 fully saturated rings. The molecule has 2 aromatic rings. The van der Waals surface area contributed by atoms with Crippen LogP contribution >= 0.6 is 0 Å². The monoisotopic (exact) mass is 360 g/mol. The van der Waals surface area contributed by atoms with Crippen LogP contribution in [0.4, 0.5) is 0 Å². The van der Waals surface area contributed by atoms with Crippen molar-refractivity contribution in [1.29, 1.82) is 0 Å². The number of benzene rings is 2. The quantitative estimate of drug-likeness (QED) is 0.461. The zero-order chi connectivity index (χ0) is 17.3. The van der Waals surface area contributed by atoms with E-state index >= 15 is 0 Å². The molecule has 2 aromatic carbocycles. The van der Waals surface area contributed by atoms with Crippen molar-refractivity contribution in [1.82, 2.24) is 0 Å². The maximum atomic E-state index is 12.3. The number of fused-ring (bicyclic) bond motifs is 1. The molecule has 7 nitrogen and oxygen atoms in total. The zero-order valence-corrected chi connectivity index (χ0v) is 13.9. The van der Waals surface area contributed by atoms with Crippen molar-refractivity contribution >= 4 is 31.0 Å². The molecule has 0 amide bonds. The van der Waals surface area contributed by atoms with Crippen LogP contribution in [0, 0.1) is 0 Å². The van der Waals surface area contributed by atoms with Gasteiger partial charge in [-0.2, -0.15) is 16.8 Å². The lowest BCUT2D eigenvalue weighted by Crippen LogP contribution is -2.10. The molecule has 0 atom stereocenters. The van der Waals surface area contributed by atoms with Crippen molar-refractivity contribution in [3.05, 3.63) is 30.3 Å². The lowest BCUT2D eigenvalue weighted by atomic mass is 10.1. The Hall–Kier alpha value is -1.68. The SMILES string of the molecule is CCCCOS(=O)(=O)c1cc(S(=O)(=O)O)c(O)c2ccccc12. The molecule has 0 saturated carbocycles. The summed E-state index contributed by atoms with van der Waals surface area (Å²) in [4.78, 5) is -1.30. The molecular formula is C14H16O7S2. The van der Waals surface area contributed by atoms with Crippen molar-refractivity contribution < 1.29 is 30.7 Å². The normalized spacial score (nSPS) is 12.6. The summed E-state index contributed by atoms with van der Waals surface area (Å²) < 4.78 is 61.6. The van der Waals surface area contributed by atoms with E-state index in [9.17, 15) is 26.5 Å². The van der Waals surface area contributed by atoms with E-state index in [4.69, 9.17) is 4.18 Å². The van der Waals surface area contributed by atoms with Gasteiger partial charge in [0, 0.05) is 10.8 Å². The van der Waals surface area contributed by atoms with Crippen molar-refractivity contribution in [2.24, 2.45) is 0 Å². The van der Waals surface area contributed by atoms with Gasteiger partial charge in [0.15, 0.2) is 0 Å². The zero-order valence-electron chi connectivity index (χ0n) is 12.3. The molecule has 0 aromatic heterocycles. The van der Waals surface area contributed by atoms with Crippen LogP contribution in [-0.4, -0.2) is 33.1 Å². The van der Waals surface area contributed by atoms with Crippen LogP contribution in [0.1, 0.15) is 19.8 Å². The fraction of sp³-hybridized carbons (Fsp3) is 0.286. The molecule has 0 unspecified atom stereocenters. The van der Waals surface area contributed by atoms with Gasteiger partial charge in [0.25, 0.3) is 20.2 Å². The third kappa shape index (κ3) is 3.63. The molecule has 0 heterocycles. The smallest absolute Gasteiger partial charge is 0.298 e. The highest BCUT2D eigenvalue weighted by molar-refractivity contribution is 7.87. The van der Waals surface area contributed by atoms with Gasteiger partial charge in [-0.05, 0) is 12.5 Å². The number of rotatable bonds is 6. The van der Waals surface area contributed by atoms with Crippen LogP contribution < -0.4 is 0 Å². The minimum Gasteiger partial charge on any atom is -0.506 e. The molecule has 23 heavy (non-hydrogen) atoms. The molecule has 9 heteroatoms. The fourth-order valence-electron chi connectivity index (χ4n) is 2.08. The Morgan fingerprint density at radius 3 is 2.22 bits per heavy atom. The molecule has 126 valence electrons. The molecular weight excluding hydrogens is 344 g/mol. The van der Waals surface area contributed by atoms with Crippen molar-refractivity contribution in [2.75, 3.05) is 6.61 Å². The Kier molecular flexibility index (Phi) is 4.95. The van der Waals surface area contributed by atoms with Crippen LogP contribution in [0.5, 0.6) is 5.75 Å². The Morgan fingerprint density at radius 2 is 1.65 bits per heavy atom. The first-order chi connectivity index (χ1) is 10.7. The fourth-order valence-corrected chi connectivity index (χ4v) is 3.95. The standard InChI is InChI=1S/C14H16O7S2/c1-2-3-8-21-23(19,20)12-9-13(22(16,17)18)14(15)11-7-5-4-6-10(11)12/h4-7,9,15H,2-3,8H2,1H3,(H,16,17,18). The minimum atomic E-state index is -4.80. The van der Waals surface area contributed by atoms with Crippen LogP contribution in [0.15, 0.2) is 40.1 Å². The van der Waals surface area contributed by atoms with E-state index in [1.54, 1.807) is 6.07 Å². The lowest BCUT2D eigenvalue weighted by Gasteiger charge is -2.12. The molecule has 0 aliphatic carbocycles. The topological polar surface area (TPSA) is 118 Å². The van der Waals surface area contributed by atoms with Crippen LogP contribution in [0.25, 0.3) is 10.8 Å². The van der Waals surface area contributed by atoms with E-state index in [1.165, 1.54) is 18.2 Å². The van der Waals surface area contributed by atoms with Gasteiger partial charge in [-0.25, -0.2) is 0 Å². The van der Waals surface area contributed by atoms with Gasteiger partial charge in [0.2, 0.25) is 0 Å². The summed E-state index contributed by atoms with van der Waals surface area (Å²) in [5, 5.41) is 10.1. The van der Waals surface area contributed by atoms with E-state index in [1.807, 2.05) is 6.92 Å². The van der Waals surface area contributed by atoms with E-state index < -0.39 is 35.8 Å². The maximum Gasteiger partial charge on any atom is 0.298 e. The number of phenols is 1. The summed E-state index contributed by atoms with van der Waals surface area (Å²) in [6.07, 6.45) is 1.24. The molecule has 0 aliphatic rings. The first-order valence-electron chi connectivity index (χ1n) is 6.80. The van der Waals surface area contributed by atoms with Gasteiger partial charge in [-0.3, -0.25) is 8.74 Å². The van der Waals surface area contributed by atoms with Gasteiger partial charge in [0.05, 0.1) is 6.61 Å². The molecule has 0 radical (unpaired) electrons. The number of hydrogen-bond donors (Lipinski definition) is 2. The highest BCUT2D eigenvalue weighted by atomic mass is 32.2. The summed E-state index contributed by atoms with van der Waals surface area (Å²) >= 11 is 0. The Morgan fingerprint density at radius 1 is 1.04 bits per heavy atom. The first-order valence-corrected chi connectivity index (χ1v) is 9.65. The van der Waals surface area contributed by atoms with Gasteiger partial charge < -0.3 is 5.11 Å². The van der Waals surface area contributed by atoms with Crippen LogP contribution in [-0.2, 0) is 24.4 Å². The predicted molar refractivity (Wildman–Crippen MR) is 83.5 cm³/mol. The minimum absolute atomic E-state index is 0.0136. The molecule has 2 rings (SSSR count). The van der Waals surface area contributed by atoms with Gasteiger partial charge in [-0.15, -0.1) is 0 Å². The second kappa shape index (κ2) is 6.44. The molecule has 2 N–H and O–H groups in total. The second-order valence-corrected chi connectivity index (χ2v) is 7.85.